The summed E-state index contributed by atoms with van der Waals surface area (Å²) in [6.07, 6.45) is 1.65. The molecule has 0 aliphatic carbocycles. The monoisotopic (exact) mass is 269 g/mol. The number of benzene rings is 1. The first kappa shape index (κ1) is 14.4. The standard InChI is InChI=1S/C11H15N3O3S/c1-2-7-13-8-11(15)14-9-3-5-10(6-4-9)18(12,16)17/h2-6,13H,1,7-8H2,(H,14,15)(H2,12,16,17). The molecule has 1 aromatic rings. The molecular weight excluding hydrogens is 254 g/mol. The molecule has 0 aliphatic heterocycles. The summed E-state index contributed by atoms with van der Waals surface area (Å²) in [7, 11) is -3.70. The van der Waals surface area contributed by atoms with Gasteiger partial charge in [-0.25, -0.2) is 13.6 Å². The van der Waals surface area contributed by atoms with Gasteiger partial charge in [-0.05, 0) is 24.3 Å². The highest BCUT2D eigenvalue weighted by Gasteiger charge is 2.07. The summed E-state index contributed by atoms with van der Waals surface area (Å²) < 4.78 is 22.0. The molecule has 0 heterocycles. The molecule has 0 fully saturated rings. The number of amides is 1. The molecule has 98 valence electrons. The van der Waals surface area contributed by atoms with E-state index in [1.165, 1.54) is 24.3 Å². The number of hydrogen-bond donors (Lipinski definition) is 3. The average Bonchev–Trinajstić information content (AvgIpc) is 2.29. The lowest BCUT2D eigenvalue weighted by Gasteiger charge is -2.06. The summed E-state index contributed by atoms with van der Waals surface area (Å²) >= 11 is 0. The third-order valence-corrected chi connectivity index (χ3v) is 2.97. The van der Waals surface area contributed by atoms with Crippen LogP contribution in [-0.2, 0) is 14.8 Å². The van der Waals surface area contributed by atoms with Gasteiger partial charge in [0.25, 0.3) is 0 Å². The van der Waals surface area contributed by atoms with E-state index in [0.29, 0.717) is 12.2 Å². The summed E-state index contributed by atoms with van der Waals surface area (Å²) in [5, 5.41) is 10.4. The third-order valence-electron chi connectivity index (χ3n) is 2.04. The van der Waals surface area contributed by atoms with Crippen LogP contribution in [0.25, 0.3) is 0 Å². The number of anilines is 1. The first-order valence-electron chi connectivity index (χ1n) is 5.18. The van der Waals surface area contributed by atoms with Crippen LogP contribution in [0.2, 0.25) is 0 Å². The van der Waals surface area contributed by atoms with Crippen molar-refractivity contribution < 1.29 is 13.2 Å². The van der Waals surface area contributed by atoms with Crippen molar-refractivity contribution >= 4 is 21.6 Å². The van der Waals surface area contributed by atoms with Crippen LogP contribution in [0.3, 0.4) is 0 Å². The van der Waals surface area contributed by atoms with Gasteiger partial charge in [0, 0.05) is 12.2 Å². The van der Waals surface area contributed by atoms with Gasteiger partial charge in [-0.2, -0.15) is 0 Å². The van der Waals surface area contributed by atoms with Crippen molar-refractivity contribution in [3.05, 3.63) is 36.9 Å². The van der Waals surface area contributed by atoms with Crippen LogP contribution in [0.4, 0.5) is 5.69 Å². The minimum Gasteiger partial charge on any atom is -0.325 e. The molecule has 0 unspecified atom stereocenters. The summed E-state index contributed by atoms with van der Waals surface area (Å²) in [6.45, 7) is 4.21. The van der Waals surface area contributed by atoms with Gasteiger partial charge in [-0.3, -0.25) is 4.79 Å². The number of primary sulfonamides is 1. The number of nitrogens with one attached hydrogen (secondary N) is 2. The highest BCUT2D eigenvalue weighted by molar-refractivity contribution is 7.89. The zero-order chi connectivity index (χ0) is 13.6. The molecule has 0 saturated carbocycles. The van der Waals surface area contributed by atoms with Crippen molar-refractivity contribution in [3.63, 3.8) is 0 Å². The topological polar surface area (TPSA) is 101 Å². The fourth-order valence-electron chi connectivity index (χ4n) is 1.22. The molecule has 0 aliphatic rings. The Morgan fingerprint density at radius 3 is 2.44 bits per heavy atom. The maximum atomic E-state index is 11.4. The SMILES string of the molecule is C=CCNCC(=O)Nc1ccc(S(N)(=O)=O)cc1. The first-order chi connectivity index (χ1) is 8.43. The summed E-state index contributed by atoms with van der Waals surface area (Å²) in [5.74, 6) is -0.222. The van der Waals surface area contributed by atoms with E-state index in [-0.39, 0.29) is 17.3 Å². The molecule has 6 nitrogen and oxygen atoms in total. The van der Waals surface area contributed by atoms with Crippen molar-refractivity contribution in [1.82, 2.24) is 5.32 Å². The predicted octanol–water partition coefficient (Wildman–Crippen LogP) is 0.0481. The Balaban J connectivity index is 2.59. The van der Waals surface area contributed by atoms with Crippen LogP contribution in [-0.4, -0.2) is 27.4 Å². The van der Waals surface area contributed by atoms with Crippen LogP contribution >= 0.6 is 0 Å². The Labute approximate surface area is 106 Å². The molecule has 0 radical (unpaired) electrons. The average molecular weight is 269 g/mol. The lowest BCUT2D eigenvalue weighted by molar-refractivity contribution is -0.115. The lowest BCUT2D eigenvalue weighted by Crippen LogP contribution is -2.28. The molecular formula is C11H15N3O3S. The van der Waals surface area contributed by atoms with Gasteiger partial charge in [0.15, 0.2) is 0 Å². The van der Waals surface area contributed by atoms with Crippen LogP contribution < -0.4 is 15.8 Å². The van der Waals surface area contributed by atoms with Gasteiger partial charge < -0.3 is 10.6 Å². The van der Waals surface area contributed by atoms with Crippen LogP contribution in [0, 0.1) is 0 Å². The number of carbonyl (C=O) groups is 1. The van der Waals surface area contributed by atoms with E-state index in [4.69, 9.17) is 5.14 Å². The first-order valence-corrected chi connectivity index (χ1v) is 6.72. The fraction of sp³-hybridized carbons (Fsp3) is 0.182. The van der Waals surface area contributed by atoms with Crippen molar-refractivity contribution in [1.29, 1.82) is 0 Å². The van der Waals surface area contributed by atoms with Crippen LogP contribution in [0.1, 0.15) is 0 Å². The number of nitrogens with two attached hydrogens (primary N) is 1. The van der Waals surface area contributed by atoms with Crippen molar-refractivity contribution in [2.45, 2.75) is 4.90 Å². The molecule has 0 atom stereocenters. The van der Waals surface area contributed by atoms with Gasteiger partial charge in [-0.1, -0.05) is 6.08 Å². The zero-order valence-electron chi connectivity index (χ0n) is 9.72. The molecule has 1 amide bonds. The maximum absolute atomic E-state index is 11.4. The lowest BCUT2D eigenvalue weighted by atomic mass is 10.3. The summed E-state index contributed by atoms with van der Waals surface area (Å²) in [5.41, 5.74) is 0.507. The smallest absolute Gasteiger partial charge is 0.238 e. The van der Waals surface area contributed by atoms with Crippen molar-refractivity contribution in [3.8, 4) is 0 Å². The van der Waals surface area contributed by atoms with E-state index in [1.54, 1.807) is 6.08 Å². The third kappa shape index (κ3) is 4.66. The van der Waals surface area contributed by atoms with E-state index < -0.39 is 10.0 Å². The molecule has 18 heavy (non-hydrogen) atoms. The van der Waals surface area contributed by atoms with Crippen LogP contribution in [0.5, 0.6) is 0 Å². The number of sulfonamides is 1. The zero-order valence-corrected chi connectivity index (χ0v) is 10.5. The summed E-state index contributed by atoms with van der Waals surface area (Å²) in [4.78, 5) is 11.4. The van der Waals surface area contributed by atoms with Crippen LogP contribution in [0.15, 0.2) is 41.8 Å². The van der Waals surface area contributed by atoms with E-state index in [0.717, 1.165) is 0 Å². The second-order valence-electron chi connectivity index (χ2n) is 3.54. The maximum Gasteiger partial charge on any atom is 0.238 e. The van der Waals surface area contributed by atoms with Gasteiger partial charge in [0.05, 0.1) is 11.4 Å². The van der Waals surface area contributed by atoms with Crippen molar-refractivity contribution in [2.75, 3.05) is 18.4 Å². The quantitative estimate of drug-likeness (QED) is 0.501. The van der Waals surface area contributed by atoms with Gasteiger partial charge >= 0.3 is 0 Å². The molecule has 7 heteroatoms. The second kappa shape index (κ2) is 6.29. The number of hydrogen-bond acceptors (Lipinski definition) is 4. The Morgan fingerprint density at radius 1 is 1.33 bits per heavy atom. The van der Waals surface area contributed by atoms with Gasteiger partial charge in [-0.15, -0.1) is 6.58 Å². The highest BCUT2D eigenvalue weighted by Crippen LogP contribution is 2.12. The Bertz CT molecular complexity index is 523. The van der Waals surface area contributed by atoms with Crippen molar-refractivity contribution in [2.24, 2.45) is 5.14 Å². The predicted molar refractivity (Wildman–Crippen MR) is 69.5 cm³/mol. The van der Waals surface area contributed by atoms with E-state index >= 15 is 0 Å². The molecule has 1 aromatic carbocycles. The van der Waals surface area contributed by atoms with Gasteiger partial charge in [0.2, 0.25) is 15.9 Å². The Morgan fingerprint density at radius 2 is 1.94 bits per heavy atom. The fourth-order valence-corrected chi connectivity index (χ4v) is 1.74. The Hall–Kier alpha value is -1.70. The van der Waals surface area contributed by atoms with E-state index in [2.05, 4.69) is 17.2 Å². The molecule has 1 rings (SSSR count). The number of rotatable bonds is 6. The minimum absolute atomic E-state index is 0.00489. The second-order valence-corrected chi connectivity index (χ2v) is 5.10. The van der Waals surface area contributed by atoms with E-state index in [1.807, 2.05) is 0 Å². The molecule has 4 N–H and O–H groups in total. The minimum atomic E-state index is -3.70. The molecule has 0 spiro atoms. The molecule has 0 bridgehead atoms. The molecule has 0 saturated heterocycles. The number of carbonyl (C=O) groups excluding carboxylic acids is 1. The normalized spacial score (nSPS) is 10.9. The molecule has 0 aromatic heterocycles. The summed E-state index contributed by atoms with van der Waals surface area (Å²) in [6, 6.07) is 5.63. The van der Waals surface area contributed by atoms with E-state index in [9.17, 15) is 13.2 Å². The largest absolute Gasteiger partial charge is 0.325 e. The highest BCUT2D eigenvalue weighted by atomic mass is 32.2. The Kier molecular flexibility index (Phi) is 5.02. The van der Waals surface area contributed by atoms with Gasteiger partial charge in [0.1, 0.15) is 0 Å².